The molecule has 2 aromatic heterocycles. The molecule has 1 aromatic carbocycles. The summed E-state index contributed by atoms with van der Waals surface area (Å²) in [6, 6.07) is 9.53. The monoisotopic (exact) mass is 350 g/mol. The summed E-state index contributed by atoms with van der Waals surface area (Å²) in [5.74, 6) is 0.703. The van der Waals surface area contributed by atoms with E-state index in [0.717, 1.165) is 11.3 Å². The van der Waals surface area contributed by atoms with Crippen LogP contribution in [0.5, 0.6) is 5.75 Å². The minimum atomic E-state index is -0.497. The maximum atomic E-state index is 13.1. The normalized spacial score (nSPS) is 15.7. The minimum absolute atomic E-state index is 0.110. The Balaban J connectivity index is 1.67. The summed E-state index contributed by atoms with van der Waals surface area (Å²) < 4.78 is 7.57. The van der Waals surface area contributed by atoms with E-state index in [4.69, 9.17) is 4.74 Å². The molecular weight excluding hydrogens is 332 g/mol. The molecule has 1 aliphatic rings. The minimum Gasteiger partial charge on any atom is -0.486 e. The van der Waals surface area contributed by atoms with E-state index >= 15 is 0 Å². The number of fused-ring (bicyclic) bond motifs is 1. The van der Waals surface area contributed by atoms with Gasteiger partial charge >= 0.3 is 0 Å². The van der Waals surface area contributed by atoms with Crippen LogP contribution in [0.1, 0.15) is 29.8 Å². The quantitative estimate of drug-likeness (QED) is 0.701. The maximum Gasteiger partial charge on any atom is 0.255 e. The Labute approximate surface area is 150 Å². The lowest BCUT2D eigenvalue weighted by Gasteiger charge is -2.29. The summed E-state index contributed by atoms with van der Waals surface area (Å²) in [6.07, 6.45) is 4.63. The summed E-state index contributed by atoms with van der Waals surface area (Å²) in [6.45, 7) is 4.90. The molecule has 0 bridgehead atoms. The van der Waals surface area contributed by atoms with Crippen molar-refractivity contribution in [3.05, 3.63) is 60.2 Å². The molecule has 0 N–H and O–H groups in total. The Kier molecular flexibility index (Phi) is 3.87. The van der Waals surface area contributed by atoms with Gasteiger partial charge in [0.25, 0.3) is 5.91 Å². The number of benzene rings is 1. The van der Waals surface area contributed by atoms with Crippen LogP contribution in [-0.4, -0.2) is 48.1 Å². The molecule has 0 spiro atoms. The van der Waals surface area contributed by atoms with Crippen molar-refractivity contribution in [3.63, 3.8) is 0 Å². The van der Waals surface area contributed by atoms with Gasteiger partial charge in [-0.3, -0.25) is 9.78 Å². The van der Waals surface area contributed by atoms with Crippen molar-refractivity contribution in [1.29, 1.82) is 0 Å². The average Bonchev–Trinajstić information content (AvgIpc) is 3.12. The summed E-state index contributed by atoms with van der Waals surface area (Å²) in [5.41, 5.74) is 1.60. The summed E-state index contributed by atoms with van der Waals surface area (Å²) >= 11 is 0. The highest BCUT2D eigenvalue weighted by molar-refractivity contribution is 5.94. The van der Waals surface area contributed by atoms with E-state index in [1.165, 1.54) is 11.0 Å². The summed E-state index contributed by atoms with van der Waals surface area (Å²) in [5, 5.41) is 11.1. The largest absolute Gasteiger partial charge is 0.486 e. The van der Waals surface area contributed by atoms with E-state index < -0.39 is 5.60 Å². The van der Waals surface area contributed by atoms with E-state index in [-0.39, 0.29) is 5.91 Å². The fourth-order valence-corrected chi connectivity index (χ4v) is 3.06. The molecule has 8 nitrogen and oxygen atoms in total. The van der Waals surface area contributed by atoms with Crippen LogP contribution in [-0.2, 0) is 6.54 Å². The molecule has 26 heavy (non-hydrogen) atoms. The molecule has 0 atom stereocenters. The number of nitrogens with zero attached hydrogens (tertiary/aromatic N) is 6. The fourth-order valence-electron chi connectivity index (χ4n) is 3.06. The Morgan fingerprint density at radius 2 is 2.08 bits per heavy atom. The molecule has 1 aliphatic heterocycles. The third-order valence-electron chi connectivity index (χ3n) is 4.16. The molecule has 4 rings (SSSR count). The van der Waals surface area contributed by atoms with Gasteiger partial charge in [-0.15, -0.1) is 5.10 Å². The van der Waals surface area contributed by atoms with E-state index in [0.29, 0.717) is 24.3 Å². The lowest BCUT2D eigenvalue weighted by molar-refractivity contribution is 0.0500. The van der Waals surface area contributed by atoms with Gasteiger partial charge < -0.3 is 9.64 Å². The number of aromatic nitrogens is 5. The van der Waals surface area contributed by atoms with Crippen molar-refractivity contribution in [2.75, 3.05) is 6.54 Å². The van der Waals surface area contributed by atoms with Gasteiger partial charge in [-0.25, -0.2) is 0 Å². The van der Waals surface area contributed by atoms with Crippen LogP contribution in [0.2, 0.25) is 0 Å². The molecule has 3 heterocycles. The van der Waals surface area contributed by atoms with Crippen molar-refractivity contribution in [2.24, 2.45) is 0 Å². The fraction of sp³-hybridized carbons (Fsp3) is 0.278. The van der Waals surface area contributed by atoms with E-state index in [2.05, 4.69) is 20.5 Å². The van der Waals surface area contributed by atoms with Crippen LogP contribution in [0.25, 0.3) is 5.69 Å². The first-order valence-electron chi connectivity index (χ1n) is 8.26. The second-order valence-corrected chi connectivity index (χ2v) is 6.82. The zero-order chi connectivity index (χ0) is 18.1. The second kappa shape index (κ2) is 6.21. The van der Waals surface area contributed by atoms with Crippen LogP contribution in [0.3, 0.4) is 0 Å². The summed E-state index contributed by atoms with van der Waals surface area (Å²) in [7, 11) is 0. The van der Waals surface area contributed by atoms with Gasteiger partial charge in [0, 0.05) is 18.3 Å². The van der Waals surface area contributed by atoms with E-state index in [9.17, 15) is 4.79 Å². The van der Waals surface area contributed by atoms with Crippen LogP contribution in [0, 0.1) is 0 Å². The Hall–Kier alpha value is -3.29. The molecule has 0 fully saturated rings. The summed E-state index contributed by atoms with van der Waals surface area (Å²) in [4.78, 5) is 19.1. The number of pyridine rings is 1. The van der Waals surface area contributed by atoms with Crippen LogP contribution in [0.4, 0.5) is 0 Å². The molecule has 0 aliphatic carbocycles. The molecule has 1 amide bonds. The highest BCUT2D eigenvalue weighted by Crippen LogP contribution is 2.29. The smallest absolute Gasteiger partial charge is 0.255 e. The van der Waals surface area contributed by atoms with Crippen molar-refractivity contribution in [3.8, 4) is 11.4 Å². The zero-order valence-corrected chi connectivity index (χ0v) is 14.5. The third kappa shape index (κ3) is 3.13. The van der Waals surface area contributed by atoms with Gasteiger partial charge in [0.2, 0.25) is 0 Å². The maximum absolute atomic E-state index is 13.1. The number of hydrogen-bond donors (Lipinski definition) is 0. The standard InChI is InChI=1S/C18H18N6O2/c1-18(2)11-23(10-13-5-3-4-6-16(13)26-18)17(25)14-7-15(9-19-8-14)24-12-20-21-22-24/h3-9,12H,10-11H2,1-2H3. The number of amides is 1. The molecular formula is C18H18N6O2. The van der Waals surface area contributed by atoms with Crippen molar-refractivity contribution < 1.29 is 9.53 Å². The Bertz CT molecular complexity index is 938. The van der Waals surface area contributed by atoms with Crippen LogP contribution >= 0.6 is 0 Å². The lowest BCUT2D eigenvalue weighted by atomic mass is 10.1. The molecule has 0 saturated carbocycles. The number of ether oxygens (including phenoxy) is 1. The highest BCUT2D eigenvalue weighted by atomic mass is 16.5. The Morgan fingerprint density at radius 3 is 2.88 bits per heavy atom. The van der Waals surface area contributed by atoms with Crippen LogP contribution < -0.4 is 4.74 Å². The van der Waals surface area contributed by atoms with Gasteiger partial charge in [0.05, 0.1) is 24.0 Å². The number of carbonyl (C=O) groups is 1. The topological polar surface area (TPSA) is 86.0 Å². The van der Waals surface area contributed by atoms with E-state index in [1.807, 2.05) is 38.1 Å². The second-order valence-electron chi connectivity index (χ2n) is 6.82. The zero-order valence-electron chi connectivity index (χ0n) is 14.5. The van der Waals surface area contributed by atoms with Gasteiger partial charge in [-0.1, -0.05) is 18.2 Å². The Morgan fingerprint density at radius 1 is 1.23 bits per heavy atom. The van der Waals surface area contributed by atoms with Crippen molar-refractivity contribution >= 4 is 5.91 Å². The first-order valence-corrected chi connectivity index (χ1v) is 8.26. The van der Waals surface area contributed by atoms with Gasteiger partial charge in [0.15, 0.2) is 0 Å². The number of tetrazole rings is 1. The first-order chi connectivity index (χ1) is 12.5. The van der Waals surface area contributed by atoms with E-state index in [1.54, 1.807) is 23.4 Å². The number of hydrogen-bond acceptors (Lipinski definition) is 6. The predicted molar refractivity (Wildman–Crippen MR) is 92.8 cm³/mol. The van der Waals surface area contributed by atoms with Gasteiger partial charge in [0.1, 0.15) is 17.7 Å². The molecule has 0 unspecified atom stereocenters. The third-order valence-corrected chi connectivity index (χ3v) is 4.16. The molecule has 0 saturated heterocycles. The molecule has 8 heteroatoms. The molecule has 132 valence electrons. The lowest BCUT2D eigenvalue weighted by Crippen LogP contribution is -2.43. The number of rotatable bonds is 2. The van der Waals surface area contributed by atoms with Crippen molar-refractivity contribution in [2.45, 2.75) is 26.0 Å². The van der Waals surface area contributed by atoms with Gasteiger partial charge in [-0.05, 0) is 36.4 Å². The number of carbonyl (C=O) groups excluding carboxylic acids is 1. The molecule has 3 aromatic rings. The average molecular weight is 350 g/mol. The predicted octanol–water partition coefficient (Wildman–Crippen LogP) is 1.87. The van der Waals surface area contributed by atoms with Gasteiger partial charge in [-0.2, -0.15) is 4.68 Å². The molecule has 0 radical (unpaired) electrons. The number of para-hydroxylation sites is 1. The van der Waals surface area contributed by atoms with Crippen molar-refractivity contribution in [1.82, 2.24) is 30.1 Å². The SMILES string of the molecule is CC1(C)CN(C(=O)c2cncc(-n3cnnn3)c2)Cc2ccccc2O1. The first kappa shape index (κ1) is 16.2. The highest BCUT2D eigenvalue weighted by Gasteiger charge is 2.32. The van der Waals surface area contributed by atoms with Crippen LogP contribution in [0.15, 0.2) is 49.1 Å².